The first-order chi connectivity index (χ1) is 12.3. The number of carbonyl (C=O) groups excluding carboxylic acids is 1. The Balaban J connectivity index is 1.96. The summed E-state index contributed by atoms with van der Waals surface area (Å²) >= 11 is 0. The Morgan fingerprint density at radius 1 is 1.19 bits per heavy atom. The van der Waals surface area contributed by atoms with Gasteiger partial charge in [-0.05, 0) is 19.4 Å². The summed E-state index contributed by atoms with van der Waals surface area (Å²) in [5.41, 5.74) is 1.05. The maximum atomic E-state index is 11.0. The van der Waals surface area contributed by atoms with Crippen LogP contribution in [0.15, 0.2) is 30.3 Å². The van der Waals surface area contributed by atoms with Crippen LogP contribution in [0.25, 0.3) is 0 Å². The van der Waals surface area contributed by atoms with E-state index < -0.39 is 36.2 Å². The summed E-state index contributed by atoms with van der Waals surface area (Å²) in [4.78, 5) is 11.0. The molecule has 7 nitrogen and oxygen atoms in total. The van der Waals surface area contributed by atoms with E-state index >= 15 is 0 Å². The molecule has 1 saturated heterocycles. The number of carbonyl (C=O) groups is 1. The molecule has 1 aromatic rings. The third kappa shape index (κ3) is 6.03. The zero-order chi connectivity index (χ0) is 19.2. The van der Waals surface area contributed by atoms with Gasteiger partial charge in [0.1, 0.15) is 31.0 Å². The Bertz CT molecular complexity index is 560. The van der Waals surface area contributed by atoms with Crippen LogP contribution in [0.3, 0.4) is 0 Å². The highest BCUT2D eigenvalue weighted by atomic mass is 16.8. The molecule has 0 bridgehead atoms. The van der Waals surface area contributed by atoms with Gasteiger partial charge in [-0.1, -0.05) is 30.3 Å². The summed E-state index contributed by atoms with van der Waals surface area (Å²) in [6.07, 6.45) is -2.74. The normalized spacial score (nSPS) is 24.2. The highest BCUT2D eigenvalue weighted by Crippen LogP contribution is 2.33. The Labute approximate surface area is 154 Å². The predicted octanol–water partition coefficient (Wildman–Crippen LogP) is 1.66. The number of ether oxygens (including phenoxy) is 5. The Morgan fingerprint density at radius 2 is 1.85 bits per heavy atom. The first kappa shape index (κ1) is 20.8. The van der Waals surface area contributed by atoms with E-state index in [0.717, 1.165) is 5.56 Å². The van der Waals surface area contributed by atoms with Crippen molar-refractivity contribution in [2.75, 3.05) is 20.3 Å². The topological polar surface area (TPSA) is 83.5 Å². The molecule has 1 aliphatic rings. The van der Waals surface area contributed by atoms with Gasteiger partial charge in [0.25, 0.3) is 0 Å². The molecule has 26 heavy (non-hydrogen) atoms. The molecule has 0 spiro atoms. The number of aliphatic hydroxyl groups is 1. The minimum absolute atomic E-state index is 0.169. The van der Waals surface area contributed by atoms with Crippen molar-refractivity contribution in [3.8, 4) is 0 Å². The van der Waals surface area contributed by atoms with Gasteiger partial charge in [0, 0.05) is 14.0 Å². The van der Waals surface area contributed by atoms with Gasteiger partial charge in [-0.3, -0.25) is 4.79 Å². The van der Waals surface area contributed by atoms with Crippen LogP contribution < -0.4 is 0 Å². The first-order valence-corrected chi connectivity index (χ1v) is 8.64. The maximum absolute atomic E-state index is 11.0. The van der Waals surface area contributed by atoms with Crippen molar-refractivity contribution in [3.63, 3.8) is 0 Å². The Morgan fingerprint density at radius 3 is 2.46 bits per heavy atom. The standard InChI is InChI=1S/C19H28O7/c1-13(20)24-11-15(21)17-18(26-19(2,3)25-17)16(22-4)12-23-10-14-8-6-5-7-9-14/h5-9,15-18,21H,10-12H2,1-4H3/t15-,16+,17-,18-/m1/s1. The van der Waals surface area contributed by atoms with Gasteiger partial charge in [-0.25, -0.2) is 0 Å². The second-order valence-corrected chi connectivity index (χ2v) is 6.71. The van der Waals surface area contributed by atoms with E-state index in [2.05, 4.69) is 0 Å². The molecule has 1 N–H and O–H groups in total. The van der Waals surface area contributed by atoms with E-state index in [4.69, 9.17) is 23.7 Å². The summed E-state index contributed by atoms with van der Waals surface area (Å²) in [6.45, 7) is 5.35. The lowest BCUT2D eigenvalue weighted by molar-refractivity contribution is -0.167. The number of benzene rings is 1. The van der Waals surface area contributed by atoms with Crippen LogP contribution in [0.2, 0.25) is 0 Å². The number of aliphatic hydroxyl groups excluding tert-OH is 1. The van der Waals surface area contributed by atoms with Gasteiger partial charge in [0.15, 0.2) is 5.79 Å². The summed E-state index contributed by atoms with van der Waals surface area (Å²) < 4.78 is 27.9. The van der Waals surface area contributed by atoms with Crippen LogP contribution in [0, 0.1) is 0 Å². The van der Waals surface area contributed by atoms with Crippen LogP contribution in [0.5, 0.6) is 0 Å². The minimum atomic E-state index is -1.03. The zero-order valence-corrected chi connectivity index (χ0v) is 15.7. The fourth-order valence-corrected chi connectivity index (χ4v) is 2.86. The second-order valence-electron chi connectivity index (χ2n) is 6.71. The quantitative estimate of drug-likeness (QED) is 0.664. The van der Waals surface area contributed by atoms with Crippen LogP contribution >= 0.6 is 0 Å². The third-order valence-electron chi connectivity index (χ3n) is 4.06. The summed E-state index contributed by atoms with van der Waals surface area (Å²) in [6, 6.07) is 9.80. The molecule has 0 aliphatic carbocycles. The van der Waals surface area contributed by atoms with Crippen molar-refractivity contribution in [1.82, 2.24) is 0 Å². The summed E-state index contributed by atoms with van der Waals surface area (Å²) in [7, 11) is 1.56. The van der Waals surface area contributed by atoms with Crippen molar-refractivity contribution in [1.29, 1.82) is 0 Å². The van der Waals surface area contributed by atoms with Crippen molar-refractivity contribution in [3.05, 3.63) is 35.9 Å². The van der Waals surface area contributed by atoms with E-state index in [-0.39, 0.29) is 13.2 Å². The van der Waals surface area contributed by atoms with E-state index in [1.165, 1.54) is 6.92 Å². The monoisotopic (exact) mass is 368 g/mol. The van der Waals surface area contributed by atoms with Gasteiger partial charge in [0.05, 0.1) is 13.2 Å². The lowest BCUT2D eigenvalue weighted by atomic mass is 10.0. The smallest absolute Gasteiger partial charge is 0.302 e. The zero-order valence-electron chi connectivity index (χ0n) is 15.7. The van der Waals surface area contributed by atoms with Gasteiger partial charge >= 0.3 is 5.97 Å². The molecule has 146 valence electrons. The molecule has 1 aliphatic heterocycles. The van der Waals surface area contributed by atoms with Gasteiger partial charge in [-0.15, -0.1) is 0 Å². The molecule has 0 radical (unpaired) electrons. The van der Waals surface area contributed by atoms with Gasteiger partial charge < -0.3 is 28.8 Å². The molecule has 1 fully saturated rings. The minimum Gasteiger partial charge on any atom is -0.463 e. The van der Waals surface area contributed by atoms with Crippen LogP contribution in [0.4, 0.5) is 0 Å². The lowest BCUT2D eigenvalue weighted by Crippen LogP contribution is -2.46. The molecule has 0 amide bonds. The second kappa shape index (κ2) is 9.43. The SMILES string of the molecule is CO[C@@H](COCc1ccccc1)[C@H]1OC(C)(C)O[C@@H]1[C@H](O)COC(C)=O. The molecule has 7 heteroatoms. The largest absolute Gasteiger partial charge is 0.463 e. The fraction of sp³-hybridized carbons (Fsp3) is 0.632. The number of esters is 1. The van der Waals surface area contributed by atoms with E-state index in [9.17, 15) is 9.90 Å². The number of hydrogen-bond donors (Lipinski definition) is 1. The molecular formula is C19H28O7. The fourth-order valence-electron chi connectivity index (χ4n) is 2.86. The molecule has 4 atom stereocenters. The molecule has 0 saturated carbocycles. The molecule has 0 aromatic heterocycles. The van der Waals surface area contributed by atoms with E-state index in [1.807, 2.05) is 30.3 Å². The van der Waals surface area contributed by atoms with Gasteiger partial charge in [0.2, 0.25) is 0 Å². The third-order valence-corrected chi connectivity index (χ3v) is 4.06. The average Bonchev–Trinajstić information content (AvgIpc) is 2.93. The first-order valence-electron chi connectivity index (χ1n) is 8.64. The summed E-state index contributed by atoms with van der Waals surface area (Å²) in [5.74, 6) is -1.35. The number of methoxy groups -OCH3 is 1. The molecule has 2 rings (SSSR count). The van der Waals surface area contributed by atoms with Crippen molar-refractivity contribution in [2.45, 2.75) is 57.6 Å². The lowest BCUT2D eigenvalue weighted by Gasteiger charge is -2.27. The van der Waals surface area contributed by atoms with Crippen LogP contribution in [0.1, 0.15) is 26.3 Å². The number of rotatable bonds is 9. The summed E-state index contributed by atoms with van der Waals surface area (Å²) in [5, 5.41) is 10.4. The van der Waals surface area contributed by atoms with Crippen molar-refractivity contribution >= 4 is 5.97 Å². The highest BCUT2D eigenvalue weighted by molar-refractivity contribution is 5.65. The predicted molar refractivity (Wildman–Crippen MR) is 93.4 cm³/mol. The van der Waals surface area contributed by atoms with E-state index in [1.54, 1.807) is 21.0 Å². The van der Waals surface area contributed by atoms with Gasteiger partial charge in [-0.2, -0.15) is 0 Å². The Hall–Kier alpha value is -1.51. The molecule has 1 aromatic carbocycles. The molecule has 1 heterocycles. The highest BCUT2D eigenvalue weighted by Gasteiger charge is 2.48. The Kier molecular flexibility index (Phi) is 7.55. The van der Waals surface area contributed by atoms with Crippen molar-refractivity contribution < 1.29 is 33.6 Å². The average molecular weight is 368 g/mol. The maximum Gasteiger partial charge on any atom is 0.302 e. The van der Waals surface area contributed by atoms with Crippen LogP contribution in [-0.4, -0.2) is 61.6 Å². The molecular weight excluding hydrogens is 340 g/mol. The number of hydrogen-bond acceptors (Lipinski definition) is 7. The van der Waals surface area contributed by atoms with E-state index in [0.29, 0.717) is 6.61 Å². The molecule has 0 unspecified atom stereocenters. The van der Waals surface area contributed by atoms with Crippen molar-refractivity contribution in [2.24, 2.45) is 0 Å². The van der Waals surface area contributed by atoms with Crippen LogP contribution in [-0.2, 0) is 35.1 Å².